The van der Waals surface area contributed by atoms with E-state index in [1.165, 1.54) is 4.68 Å². The van der Waals surface area contributed by atoms with Gasteiger partial charge in [-0.2, -0.15) is 0 Å². The van der Waals surface area contributed by atoms with Crippen LogP contribution in [0.15, 0.2) is 0 Å². The van der Waals surface area contributed by atoms with Gasteiger partial charge in [0.25, 0.3) is 0 Å². The molecule has 1 heterocycles. The Morgan fingerprint density at radius 3 is 2.46 bits per heavy atom. The van der Waals surface area contributed by atoms with Gasteiger partial charge in [-0.25, -0.2) is 4.68 Å². The van der Waals surface area contributed by atoms with Crippen LogP contribution in [-0.4, -0.2) is 37.5 Å². The third-order valence-electron chi connectivity index (χ3n) is 1.62. The van der Waals surface area contributed by atoms with Gasteiger partial charge in [0.05, 0.1) is 5.54 Å². The minimum atomic E-state index is -0.383. The molecule has 0 unspecified atom stereocenters. The van der Waals surface area contributed by atoms with Crippen LogP contribution < -0.4 is 5.32 Å². The maximum atomic E-state index is 5.75. The standard InChI is InChI=1S/C6H11Cl2N5/c1-6(3-7,4-8)9-5-10-11-12-13(5)2/h3-4H2,1-2H3,(H,9,10,12). The third-order valence-corrected chi connectivity index (χ3v) is 2.80. The predicted molar refractivity (Wildman–Crippen MR) is 52.3 cm³/mol. The summed E-state index contributed by atoms with van der Waals surface area (Å²) in [6, 6.07) is 0. The van der Waals surface area contributed by atoms with Crippen molar-refractivity contribution < 1.29 is 0 Å². The summed E-state index contributed by atoms with van der Waals surface area (Å²) in [7, 11) is 1.74. The van der Waals surface area contributed by atoms with Crippen LogP contribution >= 0.6 is 23.2 Å². The lowest BCUT2D eigenvalue weighted by Gasteiger charge is -2.25. The zero-order valence-electron chi connectivity index (χ0n) is 7.46. The summed E-state index contributed by atoms with van der Waals surface area (Å²) in [4.78, 5) is 0. The fraction of sp³-hybridized carbons (Fsp3) is 0.833. The molecule has 1 rings (SSSR count). The van der Waals surface area contributed by atoms with Crippen LogP contribution in [0.25, 0.3) is 0 Å². The molecule has 7 heteroatoms. The van der Waals surface area contributed by atoms with Gasteiger partial charge in [0.15, 0.2) is 0 Å². The number of halogens is 2. The van der Waals surface area contributed by atoms with Crippen LogP contribution in [0.4, 0.5) is 5.95 Å². The highest BCUT2D eigenvalue weighted by atomic mass is 35.5. The van der Waals surface area contributed by atoms with E-state index < -0.39 is 0 Å². The lowest BCUT2D eigenvalue weighted by molar-refractivity contribution is 0.624. The van der Waals surface area contributed by atoms with Crippen molar-refractivity contribution in [2.45, 2.75) is 12.5 Å². The number of tetrazole rings is 1. The molecule has 0 aliphatic heterocycles. The summed E-state index contributed by atoms with van der Waals surface area (Å²) in [5.74, 6) is 1.34. The van der Waals surface area contributed by atoms with E-state index in [0.717, 1.165) is 0 Å². The van der Waals surface area contributed by atoms with E-state index in [4.69, 9.17) is 23.2 Å². The van der Waals surface area contributed by atoms with Gasteiger partial charge in [-0.3, -0.25) is 0 Å². The van der Waals surface area contributed by atoms with Crippen molar-refractivity contribution in [1.29, 1.82) is 0 Å². The van der Waals surface area contributed by atoms with Crippen LogP contribution in [0.3, 0.4) is 0 Å². The Bertz CT molecular complexity index is 270. The highest BCUT2D eigenvalue weighted by molar-refractivity contribution is 6.22. The maximum Gasteiger partial charge on any atom is 0.243 e. The molecule has 0 atom stereocenters. The Balaban J connectivity index is 2.73. The van der Waals surface area contributed by atoms with E-state index >= 15 is 0 Å². The molecule has 0 saturated heterocycles. The molecule has 0 aromatic carbocycles. The number of hydrogen-bond donors (Lipinski definition) is 1. The summed E-state index contributed by atoms with van der Waals surface area (Å²) in [5, 5.41) is 14.0. The molecule has 0 radical (unpaired) electrons. The van der Waals surface area contributed by atoms with E-state index in [-0.39, 0.29) is 5.54 Å². The van der Waals surface area contributed by atoms with Crippen molar-refractivity contribution in [3.8, 4) is 0 Å². The Morgan fingerprint density at radius 1 is 1.46 bits per heavy atom. The number of nitrogens with one attached hydrogen (secondary N) is 1. The molecular weight excluding hydrogens is 213 g/mol. The second-order valence-electron chi connectivity index (χ2n) is 3.08. The van der Waals surface area contributed by atoms with Gasteiger partial charge >= 0.3 is 0 Å². The molecule has 0 bridgehead atoms. The first-order valence-corrected chi connectivity index (χ1v) is 4.81. The van der Waals surface area contributed by atoms with Gasteiger partial charge in [-0.1, -0.05) is 5.10 Å². The average molecular weight is 224 g/mol. The minimum Gasteiger partial charge on any atom is -0.346 e. The minimum absolute atomic E-state index is 0.383. The van der Waals surface area contributed by atoms with Crippen LogP contribution in [0.5, 0.6) is 0 Å². The first kappa shape index (κ1) is 10.5. The quantitative estimate of drug-likeness (QED) is 0.770. The Morgan fingerprint density at radius 2 is 2.08 bits per heavy atom. The lowest BCUT2D eigenvalue weighted by atomic mass is 10.1. The number of rotatable bonds is 4. The number of aromatic nitrogens is 4. The van der Waals surface area contributed by atoms with Crippen LogP contribution in [0.2, 0.25) is 0 Å². The molecule has 13 heavy (non-hydrogen) atoms. The van der Waals surface area contributed by atoms with E-state index in [9.17, 15) is 0 Å². The molecule has 0 amide bonds. The van der Waals surface area contributed by atoms with Gasteiger partial charge in [0.1, 0.15) is 0 Å². The normalized spacial score (nSPS) is 11.7. The van der Waals surface area contributed by atoms with E-state index in [2.05, 4.69) is 20.8 Å². The van der Waals surface area contributed by atoms with Crippen molar-refractivity contribution in [1.82, 2.24) is 20.2 Å². The van der Waals surface area contributed by atoms with Gasteiger partial charge in [0.2, 0.25) is 5.95 Å². The first-order chi connectivity index (χ1) is 6.11. The number of nitrogens with zero attached hydrogens (tertiary/aromatic N) is 4. The first-order valence-electron chi connectivity index (χ1n) is 3.74. The summed E-state index contributed by atoms with van der Waals surface area (Å²) < 4.78 is 1.53. The molecule has 1 aromatic heterocycles. The van der Waals surface area contributed by atoms with Crippen LogP contribution in [0.1, 0.15) is 6.92 Å². The molecule has 5 nitrogen and oxygen atoms in total. The van der Waals surface area contributed by atoms with E-state index in [1.807, 2.05) is 6.92 Å². The Labute approximate surface area is 86.4 Å². The molecule has 1 aromatic rings. The van der Waals surface area contributed by atoms with Gasteiger partial charge < -0.3 is 5.32 Å². The van der Waals surface area contributed by atoms with Gasteiger partial charge in [0, 0.05) is 18.8 Å². The van der Waals surface area contributed by atoms with Crippen molar-refractivity contribution >= 4 is 29.2 Å². The summed E-state index contributed by atoms with van der Waals surface area (Å²) in [6.07, 6.45) is 0. The van der Waals surface area contributed by atoms with Crippen molar-refractivity contribution in [3.05, 3.63) is 0 Å². The van der Waals surface area contributed by atoms with E-state index in [1.54, 1.807) is 7.05 Å². The Kier molecular flexibility index (Phi) is 3.33. The van der Waals surface area contributed by atoms with Crippen molar-refractivity contribution in [3.63, 3.8) is 0 Å². The number of alkyl halides is 2. The van der Waals surface area contributed by atoms with Gasteiger partial charge in [-0.15, -0.1) is 23.2 Å². The molecule has 0 saturated carbocycles. The van der Waals surface area contributed by atoms with Crippen LogP contribution in [0, 0.1) is 0 Å². The fourth-order valence-corrected chi connectivity index (χ4v) is 1.13. The smallest absolute Gasteiger partial charge is 0.243 e. The van der Waals surface area contributed by atoms with Crippen molar-refractivity contribution in [2.24, 2.45) is 7.05 Å². The maximum absolute atomic E-state index is 5.75. The summed E-state index contributed by atoms with van der Waals surface area (Å²) >= 11 is 11.5. The van der Waals surface area contributed by atoms with Crippen LogP contribution in [-0.2, 0) is 7.05 Å². The molecule has 0 aliphatic rings. The number of aryl methyl sites for hydroxylation is 1. The molecule has 0 fully saturated rings. The Hall–Kier alpha value is -0.550. The molecule has 0 aliphatic carbocycles. The fourth-order valence-electron chi connectivity index (χ4n) is 0.708. The zero-order chi connectivity index (χ0) is 9.90. The predicted octanol–water partition coefficient (Wildman–Crippen LogP) is 0.858. The summed E-state index contributed by atoms with van der Waals surface area (Å²) in [6.45, 7) is 1.90. The van der Waals surface area contributed by atoms with E-state index in [0.29, 0.717) is 17.7 Å². The molecule has 74 valence electrons. The van der Waals surface area contributed by atoms with Gasteiger partial charge in [-0.05, 0) is 17.4 Å². The monoisotopic (exact) mass is 223 g/mol. The lowest BCUT2D eigenvalue weighted by Crippen LogP contribution is -2.39. The second kappa shape index (κ2) is 4.11. The average Bonchev–Trinajstić information content (AvgIpc) is 2.52. The molecule has 0 spiro atoms. The number of hydrogen-bond acceptors (Lipinski definition) is 4. The number of anilines is 1. The topological polar surface area (TPSA) is 55.6 Å². The highest BCUT2D eigenvalue weighted by Gasteiger charge is 2.23. The molecule has 1 N–H and O–H groups in total. The zero-order valence-corrected chi connectivity index (χ0v) is 8.97. The van der Waals surface area contributed by atoms with Crippen molar-refractivity contribution in [2.75, 3.05) is 17.1 Å². The summed E-state index contributed by atoms with van der Waals surface area (Å²) in [5.41, 5.74) is -0.383. The second-order valence-corrected chi connectivity index (χ2v) is 3.61. The molecular formula is C6H11Cl2N5. The largest absolute Gasteiger partial charge is 0.346 e. The highest BCUT2D eigenvalue weighted by Crippen LogP contribution is 2.14. The SMILES string of the molecule is Cn1nnnc1NC(C)(CCl)CCl. The third kappa shape index (κ3) is 2.45.